The molecule has 1 N–H and O–H groups in total. The molecule has 0 aliphatic heterocycles. The van der Waals surface area contributed by atoms with E-state index in [0.29, 0.717) is 21.1 Å². The number of hydrogen-bond donors (Lipinski definition) is 1. The van der Waals surface area contributed by atoms with Gasteiger partial charge in [-0.05, 0) is 35.2 Å². The fourth-order valence-electron chi connectivity index (χ4n) is 2.76. The molecule has 4 aromatic rings. The van der Waals surface area contributed by atoms with Gasteiger partial charge in [-0.2, -0.15) is 0 Å². The van der Waals surface area contributed by atoms with Crippen molar-refractivity contribution in [2.45, 2.75) is 0 Å². The van der Waals surface area contributed by atoms with E-state index in [1.807, 2.05) is 66.2 Å². The van der Waals surface area contributed by atoms with Crippen molar-refractivity contribution < 1.29 is 0 Å². The fraction of sp³-hybridized carbons (Fsp3) is 0.100. The number of nitrogens with one attached hydrogen (secondary N) is 1. The van der Waals surface area contributed by atoms with Crippen molar-refractivity contribution in [1.29, 1.82) is 0 Å². The van der Waals surface area contributed by atoms with Crippen LogP contribution in [0.2, 0.25) is 0 Å². The summed E-state index contributed by atoms with van der Waals surface area (Å²) in [5, 5.41) is 4.99. The van der Waals surface area contributed by atoms with Crippen molar-refractivity contribution in [3.05, 3.63) is 68.9 Å². The molecule has 3 aromatic heterocycles. The molecule has 0 aliphatic carbocycles. The molecule has 1 aromatic carbocycles. The normalized spacial score (nSPS) is 11.9. The van der Waals surface area contributed by atoms with Gasteiger partial charge in [-0.3, -0.25) is 4.79 Å². The summed E-state index contributed by atoms with van der Waals surface area (Å²) in [5.74, 6) is 0.380. The standard InChI is InChI=1S/C20H16ClN3OS2/c1-24(2)13-7-5-12(6-8-13)10-15(21)18-22-19(25)17-14(11-27-20(17)23-18)16-4-3-9-26-16/h3-11H,1-2H3,(H,22,23,25)/b15-10-. The van der Waals surface area contributed by atoms with Gasteiger partial charge in [-0.15, -0.1) is 22.7 Å². The van der Waals surface area contributed by atoms with Crippen LogP contribution in [0.25, 0.3) is 31.8 Å². The van der Waals surface area contributed by atoms with E-state index in [1.165, 1.54) is 11.3 Å². The van der Waals surface area contributed by atoms with E-state index in [2.05, 4.69) is 9.97 Å². The van der Waals surface area contributed by atoms with E-state index in [9.17, 15) is 4.79 Å². The molecule has 0 amide bonds. The first-order valence-electron chi connectivity index (χ1n) is 8.23. The second-order valence-corrected chi connectivity index (χ2v) is 8.41. The Morgan fingerprint density at radius 2 is 1.96 bits per heavy atom. The Hall–Kier alpha value is -2.41. The molecule has 3 heterocycles. The van der Waals surface area contributed by atoms with Gasteiger partial charge in [0.2, 0.25) is 0 Å². The third-order valence-corrected chi connectivity index (χ3v) is 6.22. The minimum Gasteiger partial charge on any atom is -0.378 e. The van der Waals surface area contributed by atoms with Gasteiger partial charge in [0.25, 0.3) is 5.56 Å². The third kappa shape index (κ3) is 3.56. The van der Waals surface area contributed by atoms with Crippen LogP contribution in [-0.2, 0) is 0 Å². The summed E-state index contributed by atoms with van der Waals surface area (Å²) in [7, 11) is 3.99. The maximum absolute atomic E-state index is 12.7. The Balaban J connectivity index is 1.72. The number of aromatic amines is 1. The van der Waals surface area contributed by atoms with Crippen molar-refractivity contribution in [2.75, 3.05) is 19.0 Å². The number of halogens is 1. The Bertz CT molecular complexity index is 1170. The molecule has 0 saturated carbocycles. The lowest BCUT2D eigenvalue weighted by molar-refractivity contribution is 1.13. The Kier molecular flexibility index (Phi) is 4.86. The smallest absolute Gasteiger partial charge is 0.260 e. The highest BCUT2D eigenvalue weighted by Crippen LogP contribution is 2.34. The molecule has 7 heteroatoms. The van der Waals surface area contributed by atoms with Crippen molar-refractivity contribution in [2.24, 2.45) is 0 Å². The van der Waals surface area contributed by atoms with Gasteiger partial charge < -0.3 is 9.88 Å². The zero-order chi connectivity index (χ0) is 19.0. The van der Waals surface area contributed by atoms with Gasteiger partial charge in [0, 0.05) is 35.6 Å². The minimum absolute atomic E-state index is 0.172. The Morgan fingerprint density at radius 1 is 1.19 bits per heavy atom. The number of anilines is 1. The molecule has 0 saturated heterocycles. The zero-order valence-electron chi connectivity index (χ0n) is 14.7. The van der Waals surface area contributed by atoms with E-state index in [0.717, 1.165) is 21.7 Å². The second kappa shape index (κ2) is 7.31. The molecule has 0 unspecified atom stereocenters. The lowest BCUT2D eigenvalue weighted by atomic mass is 10.2. The molecule has 0 atom stereocenters. The van der Waals surface area contributed by atoms with Crippen LogP contribution in [0.1, 0.15) is 11.4 Å². The van der Waals surface area contributed by atoms with Gasteiger partial charge in [0.15, 0.2) is 5.82 Å². The molecule has 0 fully saturated rings. The summed E-state index contributed by atoms with van der Waals surface area (Å²) in [5.41, 5.74) is 2.80. The van der Waals surface area contributed by atoms with Gasteiger partial charge in [0.1, 0.15) is 4.83 Å². The molecular weight excluding hydrogens is 398 g/mol. The van der Waals surface area contributed by atoms with Gasteiger partial charge >= 0.3 is 0 Å². The number of thiophene rings is 2. The van der Waals surface area contributed by atoms with Crippen molar-refractivity contribution in [3.63, 3.8) is 0 Å². The van der Waals surface area contributed by atoms with Crippen LogP contribution in [0.3, 0.4) is 0 Å². The first kappa shape index (κ1) is 18.0. The SMILES string of the molecule is CN(C)c1ccc(/C=C(\Cl)c2nc3scc(-c4cccs4)c3c(=O)[nH]2)cc1. The summed E-state index contributed by atoms with van der Waals surface area (Å²) < 4.78 is 0. The Labute approximate surface area is 169 Å². The first-order valence-corrected chi connectivity index (χ1v) is 10.4. The number of benzene rings is 1. The highest BCUT2D eigenvalue weighted by atomic mass is 35.5. The molecule has 27 heavy (non-hydrogen) atoms. The summed E-state index contributed by atoms with van der Waals surface area (Å²) in [6.45, 7) is 0. The Morgan fingerprint density at radius 3 is 2.63 bits per heavy atom. The van der Waals surface area contributed by atoms with E-state index in [4.69, 9.17) is 11.6 Å². The van der Waals surface area contributed by atoms with Crippen molar-refractivity contribution in [3.8, 4) is 10.4 Å². The second-order valence-electron chi connectivity index (χ2n) is 6.20. The monoisotopic (exact) mass is 413 g/mol. The van der Waals surface area contributed by atoms with Crippen LogP contribution in [0, 0.1) is 0 Å². The van der Waals surface area contributed by atoms with Crippen molar-refractivity contribution in [1.82, 2.24) is 9.97 Å². The van der Waals surface area contributed by atoms with Gasteiger partial charge in [0.05, 0.1) is 10.4 Å². The van der Waals surface area contributed by atoms with Crippen LogP contribution >= 0.6 is 34.3 Å². The number of hydrogen-bond acceptors (Lipinski definition) is 5. The van der Waals surface area contributed by atoms with Gasteiger partial charge in [-0.1, -0.05) is 29.8 Å². The molecule has 4 nitrogen and oxygen atoms in total. The third-order valence-electron chi connectivity index (χ3n) is 4.16. The molecule has 0 radical (unpaired) electrons. The maximum Gasteiger partial charge on any atom is 0.260 e. The first-order chi connectivity index (χ1) is 13.0. The highest BCUT2D eigenvalue weighted by Gasteiger charge is 2.14. The lowest BCUT2D eigenvalue weighted by Gasteiger charge is -2.11. The number of aromatic nitrogens is 2. The number of rotatable bonds is 4. The van der Waals surface area contributed by atoms with Crippen LogP contribution < -0.4 is 10.5 Å². The molecular formula is C20H16ClN3OS2. The number of fused-ring (bicyclic) bond motifs is 1. The molecule has 136 valence electrons. The van der Waals surface area contributed by atoms with Crippen LogP contribution in [0.15, 0.2) is 52.0 Å². The quantitative estimate of drug-likeness (QED) is 0.479. The predicted molar refractivity (Wildman–Crippen MR) is 118 cm³/mol. The summed E-state index contributed by atoms with van der Waals surface area (Å²) in [6.07, 6.45) is 1.80. The fourth-order valence-corrected chi connectivity index (χ4v) is 4.74. The van der Waals surface area contributed by atoms with E-state index in [-0.39, 0.29) is 5.56 Å². The van der Waals surface area contributed by atoms with Crippen LogP contribution in [-0.4, -0.2) is 24.1 Å². The number of H-pyrrole nitrogens is 1. The molecule has 0 bridgehead atoms. The molecule has 0 aliphatic rings. The molecule has 4 rings (SSSR count). The van der Waals surface area contributed by atoms with E-state index in [1.54, 1.807) is 17.4 Å². The summed E-state index contributed by atoms with van der Waals surface area (Å²) in [6, 6.07) is 12.0. The van der Waals surface area contributed by atoms with E-state index < -0.39 is 0 Å². The maximum atomic E-state index is 12.7. The average molecular weight is 414 g/mol. The summed E-state index contributed by atoms with van der Waals surface area (Å²) >= 11 is 9.50. The van der Waals surface area contributed by atoms with E-state index >= 15 is 0 Å². The average Bonchev–Trinajstić information content (AvgIpc) is 3.31. The van der Waals surface area contributed by atoms with Gasteiger partial charge in [-0.25, -0.2) is 4.98 Å². The zero-order valence-corrected chi connectivity index (χ0v) is 17.1. The predicted octanol–water partition coefficient (Wildman–Crippen LogP) is 5.52. The molecule has 0 spiro atoms. The lowest BCUT2D eigenvalue weighted by Crippen LogP contribution is -2.10. The van der Waals surface area contributed by atoms with Crippen LogP contribution in [0.5, 0.6) is 0 Å². The number of nitrogens with zero attached hydrogens (tertiary/aromatic N) is 2. The van der Waals surface area contributed by atoms with Crippen molar-refractivity contribution >= 4 is 61.3 Å². The largest absolute Gasteiger partial charge is 0.378 e. The topological polar surface area (TPSA) is 49.0 Å². The van der Waals surface area contributed by atoms with Crippen LogP contribution in [0.4, 0.5) is 5.69 Å². The highest BCUT2D eigenvalue weighted by molar-refractivity contribution is 7.18. The minimum atomic E-state index is -0.172. The summed E-state index contributed by atoms with van der Waals surface area (Å²) in [4.78, 5) is 23.8.